The zero-order valence-corrected chi connectivity index (χ0v) is 11.1. The summed E-state index contributed by atoms with van der Waals surface area (Å²) in [6.07, 6.45) is -1.33. The van der Waals surface area contributed by atoms with E-state index in [2.05, 4.69) is 4.98 Å². The van der Waals surface area contributed by atoms with Gasteiger partial charge in [0.1, 0.15) is 5.82 Å². The average molecular weight is 280 g/mol. The molecule has 0 fully saturated rings. The van der Waals surface area contributed by atoms with Crippen molar-refractivity contribution in [2.45, 2.75) is 26.5 Å². The van der Waals surface area contributed by atoms with Crippen molar-refractivity contribution in [1.82, 2.24) is 9.55 Å². The number of aliphatic hydroxyl groups excluding tert-OH is 1. The minimum absolute atomic E-state index is 0.182. The number of aromatic nitrogens is 2. The minimum Gasteiger partial charge on any atom is -0.386 e. The monoisotopic (exact) mass is 280 g/mol. The molecule has 1 heterocycles. The molecule has 1 N–H and O–H groups in total. The molecule has 20 heavy (non-hydrogen) atoms. The highest BCUT2D eigenvalue weighted by Gasteiger charge is 2.17. The van der Waals surface area contributed by atoms with Crippen molar-refractivity contribution in [2.24, 2.45) is 0 Å². The quantitative estimate of drug-likeness (QED) is 0.934. The van der Waals surface area contributed by atoms with Crippen molar-refractivity contribution in [1.29, 1.82) is 0 Å². The second-order valence-electron chi connectivity index (χ2n) is 4.55. The van der Waals surface area contributed by atoms with Gasteiger partial charge in [0, 0.05) is 17.3 Å². The molecular weight excluding hydrogens is 266 g/mol. The third-order valence-corrected chi connectivity index (χ3v) is 3.02. The summed E-state index contributed by atoms with van der Waals surface area (Å²) >= 11 is 0. The third kappa shape index (κ3) is 2.75. The van der Waals surface area contributed by atoms with Crippen molar-refractivity contribution >= 4 is 0 Å². The lowest BCUT2D eigenvalue weighted by Crippen LogP contribution is -2.26. The largest absolute Gasteiger partial charge is 0.386 e. The van der Waals surface area contributed by atoms with Gasteiger partial charge in [0.2, 0.25) is 0 Å². The lowest BCUT2D eigenvalue weighted by atomic mass is 10.1. The second-order valence-corrected chi connectivity index (χ2v) is 4.55. The number of benzene rings is 1. The zero-order valence-electron chi connectivity index (χ0n) is 11.1. The molecule has 1 unspecified atom stereocenters. The van der Waals surface area contributed by atoms with E-state index in [0.29, 0.717) is 11.5 Å². The van der Waals surface area contributed by atoms with Gasteiger partial charge in [-0.15, -0.1) is 0 Å². The Labute approximate surface area is 114 Å². The molecule has 1 aromatic heterocycles. The fraction of sp³-hybridized carbons (Fsp3) is 0.286. The van der Waals surface area contributed by atoms with Gasteiger partial charge in [-0.1, -0.05) is 12.1 Å². The summed E-state index contributed by atoms with van der Waals surface area (Å²) in [6.45, 7) is 3.11. The van der Waals surface area contributed by atoms with Crippen LogP contribution in [0.4, 0.5) is 8.78 Å². The molecule has 0 aliphatic carbocycles. The summed E-state index contributed by atoms with van der Waals surface area (Å²) in [5, 5.41) is 10.0. The minimum atomic E-state index is -1.33. The Hall–Kier alpha value is -2.08. The van der Waals surface area contributed by atoms with Gasteiger partial charge in [0.05, 0.1) is 12.6 Å². The molecule has 0 aliphatic heterocycles. The van der Waals surface area contributed by atoms with Crippen molar-refractivity contribution < 1.29 is 13.9 Å². The first-order valence-corrected chi connectivity index (χ1v) is 6.07. The Morgan fingerprint density at radius 3 is 2.70 bits per heavy atom. The van der Waals surface area contributed by atoms with Crippen molar-refractivity contribution in [3.63, 3.8) is 0 Å². The van der Waals surface area contributed by atoms with E-state index in [1.165, 1.54) is 22.8 Å². The Morgan fingerprint density at radius 1 is 1.35 bits per heavy atom. The van der Waals surface area contributed by atoms with Gasteiger partial charge in [0.25, 0.3) is 5.56 Å². The Kier molecular flexibility index (Phi) is 3.94. The highest BCUT2D eigenvalue weighted by molar-refractivity contribution is 5.21. The van der Waals surface area contributed by atoms with Crippen LogP contribution < -0.4 is 5.56 Å². The Morgan fingerprint density at radius 2 is 2.05 bits per heavy atom. The van der Waals surface area contributed by atoms with Crippen molar-refractivity contribution in [2.75, 3.05) is 0 Å². The number of hydrogen-bond acceptors (Lipinski definition) is 3. The van der Waals surface area contributed by atoms with E-state index < -0.39 is 17.7 Å². The first-order valence-electron chi connectivity index (χ1n) is 6.07. The highest BCUT2D eigenvalue weighted by atomic mass is 19.2. The van der Waals surface area contributed by atoms with E-state index in [1.54, 1.807) is 13.8 Å². The first kappa shape index (κ1) is 14.3. The standard InChI is InChI=1S/C14H14F2N2O2/c1-8-6-13(20)18(9(2)17-8)7-12(19)10-4-3-5-11(15)14(10)16/h3-6,12,19H,7H2,1-2H3. The molecule has 2 aromatic rings. The Bertz CT molecular complexity index is 698. The van der Waals surface area contributed by atoms with Gasteiger partial charge in [0.15, 0.2) is 11.6 Å². The van der Waals surface area contributed by atoms with E-state index in [-0.39, 0.29) is 17.7 Å². The van der Waals surface area contributed by atoms with E-state index in [1.807, 2.05) is 0 Å². The van der Waals surface area contributed by atoms with Crippen LogP contribution in [-0.2, 0) is 6.54 Å². The maximum absolute atomic E-state index is 13.6. The fourth-order valence-corrected chi connectivity index (χ4v) is 2.04. The number of rotatable bonds is 3. The molecule has 0 radical (unpaired) electrons. The van der Waals surface area contributed by atoms with Gasteiger partial charge in [-0.2, -0.15) is 0 Å². The van der Waals surface area contributed by atoms with E-state index >= 15 is 0 Å². The molecule has 1 atom stereocenters. The summed E-state index contributed by atoms with van der Waals surface area (Å²) in [4.78, 5) is 15.9. The molecule has 0 saturated heterocycles. The van der Waals surface area contributed by atoms with E-state index in [4.69, 9.17) is 0 Å². The maximum atomic E-state index is 13.6. The molecule has 0 amide bonds. The van der Waals surface area contributed by atoms with Crippen molar-refractivity contribution in [3.05, 3.63) is 63.3 Å². The van der Waals surface area contributed by atoms with Crippen LogP contribution in [0.3, 0.4) is 0 Å². The predicted molar refractivity (Wildman–Crippen MR) is 69.3 cm³/mol. The van der Waals surface area contributed by atoms with Crippen LogP contribution >= 0.6 is 0 Å². The van der Waals surface area contributed by atoms with Gasteiger partial charge in [-0.3, -0.25) is 9.36 Å². The van der Waals surface area contributed by atoms with Crippen LogP contribution in [0.15, 0.2) is 29.1 Å². The Balaban J connectivity index is 2.35. The van der Waals surface area contributed by atoms with Gasteiger partial charge in [-0.05, 0) is 19.9 Å². The molecule has 0 bridgehead atoms. The lowest BCUT2D eigenvalue weighted by molar-refractivity contribution is 0.148. The molecule has 1 aromatic carbocycles. The van der Waals surface area contributed by atoms with Crippen LogP contribution in [0.2, 0.25) is 0 Å². The van der Waals surface area contributed by atoms with Gasteiger partial charge in [-0.25, -0.2) is 13.8 Å². The van der Waals surface area contributed by atoms with Crippen molar-refractivity contribution in [3.8, 4) is 0 Å². The number of aryl methyl sites for hydroxylation is 2. The molecular formula is C14H14F2N2O2. The van der Waals surface area contributed by atoms with E-state index in [9.17, 15) is 18.7 Å². The SMILES string of the molecule is Cc1cc(=O)n(CC(O)c2cccc(F)c2F)c(C)n1. The van der Waals surface area contributed by atoms with Gasteiger partial charge >= 0.3 is 0 Å². The van der Waals surface area contributed by atoms with Gasteiger partial charge < -0.3 is 5.11 Å². The van der Waals surface area contributed by atoms with Crippen LogP contribution in [0, 0.1) is 25.5 Å². The number of halogens is 2. The van der Waals surface area contributed by atoms with Crippen LogP contribution in [0.5, 0.6) is 0 Å². The predicted octanol–water partition coefficient (Wildman–Crippen LogP) is 1.87. The highest BCUT2D eigenvalue weighted by Crippen LogP contribution is 2.20. The number of hydrogen-bond donors (Lipinski definition) is 1. The summed E-state index contributed by atoms with van der Waals surface area (Å²) in [6, 6.07) is 4.88. The summed E-state index contributed by atoms with van der Waals surface area (Å²) < 4.78 is 27.9. The summed E-state index contributed by atoms with van der Waals surface area (Å²) in [7, 11) is 0. The second kappa shape index (κ2) is 5.50. The van der Waals surface area contributed by atoms with Crippen LogP contribution in [-0.4, -0.2) is 14.7 Å². The normalized spacial score (nSPS) is 12.4. The molecule has 0 aliphatic rings. The first-order chi connectivity index (χ1) is 9.40. The van der Waals surface area contributed by atoms with Crippen LogP contribution in [0.25, 0.3) is 0 Å². The summed E-state index contributed by atoms with van der Waals surface area (Å²) in [5.74, 6) is -1.73. The third-order valence-electron chi connectivity index (χ3n) is 3.02. The number of nitrogens with zero attached hydrogens (tertiary/aromatic N) is 2. The van der Waals surface area contributed by atoms with Crippen LogP contribution in [0.1, 0.15) is 23.2 Å². The molecule has 2 rings (SSSR count). The summed E-state index contributed by atoms with van der Waals surface area (Å²) in [5.41, 5.74) is 0.0397. The van der Waals surface area contributed by atoms with E-state index in [0.717, 1.165) is 6.07 Å². The molecule has 106 valence electrons. The average Bonchev–Trinajstić information content (AvgIpc) is 2.36. The smallest absolute Gasteiger partial charge is 0.253 e. The lowest BCUT2D eigenvalue weighted by Gasteiger charge is -2.15. The zero-order chi connectivity index (χ0) is 14.9. The topological polar surface area (TPSA) is 55.1 Å². The molecule has 4 nitrogen and oxygen atoms in total. The fourth-order valence-electron chi connectivity index (χ4n) is 2.04. The molecule has 0 spiro atoms. The molecule has 6 heteroatoms. The molecule has 0 saturated carbocycles. The maximum Gasteiger partial charge on any atom is 0.253 e. The number of aliphatic hydroxyl groups is 1.